The molecular formula is C6H10N2Na2O5. The third-order valence-corrected chi connectivity index (χ3v) is 1.17. The van der Waals surface area contributed by atoms with Crippen molar-refractivity contribution in [3.63, 3.8) is 0 Å². The number of carboxylic acids is 2. The van der Waals surface area contributed by atoms with Gasteiger partial charge in [0.1, 0.15) is 0 Å². The smallest absolute Gasteiger partial charge is 0.549 e. The average molecular weight is 236 g/mol. The molecule has 15 heavy (non-hydrogen) atoms. The van der Waals surface area contributed by atoms with Crippen LogP contribution in [-0.4, -0.2) is 42.9 Å². The average Bonchev–Trinajstić information content (AvgIpc) is 2.04. The second kappa shape index (κ2) is 12.9. The maximum Gasteiger partial charge on any atom is 1.00 e. The van der Waals surface area contributed by atoms with Crippen LogP contribution in [0.4, 0.5) is 0 Å². The Morgan fingerprint density at radius 2 is 1.40 bits per heavy atom. The maximum atomic E-state index is 9.95. The van der Waals surface area contributed by atoms with E-state index in [0.717, 1.165) is 0 Å². The molecule has 0 spiro atoms. The summed E-state index contributed by atoms with van der Waals surface area (Å²) in [6, 6.07) is 0. The van der Waals surface area contributed by atoms with Crippen molar-refractivity contribution < 1.29 is 84.0 Å². The fraction of sp³-hybridized carbons (Fsp3) is 0.667. The van der Waals surface area contributed by atoms with Gasteiger partial charge < -0.3 is 24.9 Å². The van der Waals surface area contributed by atoms with Crippen LogP contribution in [-0.2, 0) is 9.59 Å². The molecule has 0 aliphatic carbocycles. The van der Waals surface area contributed by atoms with Crippen LogP contribution in [0.25, 0.3) is 0 Å². The van der Waals surface area contributed by atoms with Crippen molar-refractivity contribution in [3.05, 3.63) is 0 Å². The molecule has 0 aliphatic rings. The first-order chi connectivity index (χ1) is 6.06. The topological polar surface area (TPSA) is 125 Å². The van der Waals surface area contributed by atoms with Crippen LogP contribution < -0.4 is 80.0 Å². The van der Waals surface area contributed by atoms with Gasteiger partial charge in [-0.25, -0.2) is 0 Å². The third-order valence-electron chi connectivity index (χ3n) is 1.17. The van der Waals surface area contributed by atoms with Crippen molar-refractivity contribution in [2.45, 2.75) is 6.17 Å². The molecule has 76 valence electrons. The molecule has 9 heteroatoms. The molecule has 0 amide bonds. The first kappa shape index (κ1) is 21.1. The van der Waals surface area contributed by atoms with Gasteiger partial charge in [-0.15, -0.1) is 0 Å². The molecule has 3 N–H and O–H groups in total. The standard InChI is InChI=1S/C6H12N2O5.2Na/c9-3-4(7-1-5(10)11)8-2-6(12)13;;/h4,7-9H,1-3H2,(H,10,11)(H,12,13);;/q;2*+1/p-2. The Bertz CT molecular complexity index is 174. The maximum absolute atomic E-state index is 9.95. The Labute approximate surface area is 131 Å². The van der Waals surface area contributed by atoms with Crippen LogP contribution in [0, 0.1) is 0 Å². The van der Waals surface area contributed by atoms with E-state index in [2.05, 4.69) is 10.6 Å². The summed E-state index contributed by atoms with van der Waals surface area (Å²) in [4.78, 5) is 19.9. The van der Waals surface area contributed by atoms with Gasteiger partial charge in [-0.2, -0.15) is 0 Å². The monoisotopic (exact) mass is 236 g/mol. The number of hydrogen-bond acceptors (Lipinski definition) is 7. The SMILES string of the molecule is O=C([O-])CNC(CO)NCC(=O)[O-].[Na+].[Na+]. The minimum atomic E-state index is -1.34. The minimum absolute atomic E-state index is 0. The van der Waals surface area contributed by atoms with E-state index < -0.39 is 37.8 Å². The van der Waals surface area contributed by atoms with E-state index in [4.69, 9.17) is 5.11 Å². The fourth-order valence-electron chi connectivity index (χ4n) is 0.614. The van der Waals surface area contributed by atoms with E-state index >= 15 is 0 Å². The van der Waals surface area contributed by atoms with E-state index in [9.17, 15) is 19.8 Å². The van der Waals surface area contributed by atoms with Gasteiger partial charge in [0.15, 0.2) is 0 Å². The van der Waals surface area contributed by atoms with Crippen molar-refractivity contribution in [1.82, 2.24) is 10.6 Å². The molecule has 0 rings (SSSR count). The van der Waals surface area contributed by atoms with Gasteiger partial charge >= 0.3 is 59.1 Å². The molecule has 0 aromatic carbocycles. The number of carbonyl (C=O) groups excluding carboxylic acids is 2. The number of carboxylic acid groups (broad SMARTS) is 2. The first-order valence-corrected chi connectivity index (χ1v) is 3.53. The molecule has 0 fully saturated rings. The van der Waals surface area contributed by atoms with Crippen molar-refractivity contribution in [2.24, 2.45) is 0 Å². The number of rotatable bonds is 7. The molecule has 0 saturated heterocycles. The zero-order valence-electron chi connectivity index (χ0n) is 8.78. The Balaban J connectivity index is -0.000000720. The van der Waals surface area contributed by atoms with Gasteiger partial charge in [-0.1, -0.05) is 0 Å². The molecule has 0 aromatic heterocycles. The summed E-state index contributed by atoms with van der Waals surface area (Å²) in [5, 5.41) is 33.1. The van der Waals surface area contributed by atoms with Crippen LogP contribution >= 0.6 is 0 Å². The zero-order valence-corrected chi connectivity index (χ0v) is 12.8. The number of aliphatic hydroxyl groups is 1. The molecule has 0 aromatic rings. The summed E-state index contributed by atoms with van der Waals surface area (Å²) in [6.45, 7) is -1.36. The number of aliphatic carboxylic acids is 2. The molecule has 0 unspecified atom stereocenters. The third kappa shape index (κ3) is 14.8. The summed E-state index contributed by atoms with van der Waals surface area (Å²) >= 11 is 0. The Kier molecular flexibility index (Phi) is 18.2. The Hall–Kier alpha value is 0.820. The predicted molar refractivity (Wildman–Crippen MR) is 36.9 cm³/mol. The summed E-state index contributed by atoms with van der Waals surface area (Å²) < 4.78 is 0. The van der Waals surface area contributed by atoms with E-state index in [-0.39, 0.29) is 59.1 Å². The molecule has 0 aliphatic heterocycles. The summed E-state index contributed by atoms with van der Waals surface area (Å²) in [5.74, 6) is -2.68. The molecular weight excluding hydrogens is 226 g/mol. The number of aliphatic hydroxyl groups excluding tert-OH is 1. The number of carbonyl (C=O) groups is 2. The molecule has 7 nitrogen and oxygen atoms in total. The van der Waals surface area contributed by atoms with Gasteiger partial charge in [0.05, 0.1) is 24.7 Å². The van der Waals surface area contributed by atoms with Gasteiger partial charge in [-0.3, -0.25) is 10.6 Å². The van der Waals surface area contributed by atoms with Crippen LogP contribution in [0.1, 0.15) is 0 Å². The molecule has 0 saturated carbocycles. The van der Waals surface area contributed by atoms with E-state index in [1.54, 1.807) is 0 Å². The zero-order chi connectivity index (χ0) is 10.3. The van der Waals surface area contributed by atoms with Crippen molar-refractivity contribution >= 4 is 11.9 Å². The number of nitrogens with one attached hydrogen (secondary N) is 2. The van der Waals surface area contributed by atoms with E-state index in [1.807, 2.05) is 0 Å². The van der Waals surface area contributed by atoms with Gasteiger partial charge in [-0.05, 0) is 0 Å². The second-order valence-electron chi connectivity index (χ2n) is 2.24. The Morgan fingerprint density at radius 3 is 1.60 bits per heavy atom. The van der Waals surface area contributed by atoms with Crippen LogP contribution in [0.5, 0.6) is 0 Å². The minimum Gasteiger partial charge on any atom is -0.549 e. The molecule has 0 atom stereocenters. The first-order valence-electron chi connectivity index (χ1n) is 3.53. The molecule has 0 radical (unpaired) electrons. The molecule has 0 heterocycles. The summed E-state index contributed by atoms with van der Waals surface area (Å²) in [5.41, 5.74) is 0. The second-order valence-corrected chi connectivity index (χ2v) is 2.24. The van der Waals surface area contributed by atoms with Crippen LogP contribution in [0.2, 0.25) is 0 Å². The predicted octanol–water partition coefficient (Wildman–Crippen LogP) is -11.0. The Morgan fingerprint density at radius 1 is 1.07 bits per heavy atom. The van der Waals surface area contributed by atoms with Gasteiger partial charge in [0.2, 0.25) is 0 Å². The largest absolute Gasteiger partial charge is 1.00 e. The van der Waals surface area contributed by atoms with Gasteiger partial charge in [0.25, 0.3) is 0 Å². The summed E-state index contributed by atoms with van der Waals surface area (Å²) in [7, 11) is 0. The number of hydrogen-bond donors (Lipinski definition) is 3. The van der Waals surface area contributed by atoms with E-state index in [1.165, 1.54) is 0 Å². The normalized spacial score (nSPS) is 8.93. The van der Waals surface area contributed by atoms with Crippen LogP contribution in [0.3, 0.4) is 0 Å². The fourth-order valence-corrected chi connectivity index (χ4v) is 0.614. The summed E-state index contributed by atoms with van der Waals surface area (Å²) in [6.07, 6.45) is -0.796. The van der Waals surface area contributed by atoms with Crippen LogP contribution in [0.15, 0.2) is 0 Å². The molecule has 0 bridgehead atoms. The van der Waals surface area contributed by atoms with E-state index in [0.29, 0.717) is 0 Å². The quantitative estimate of drug-likeness (QED) is 0.296. The van der Waals surface area contributed by atoms with Crippen molar-refractivity contribution in [2.75, 3.05) is 19.7 Å². The van der Waals surface area contributed by atoms with Crippen molar-refractivity contribution in [1.29, 1.82) is 0 Å². The van der Waals surface area contributed by atoms with Gasteiger partial charge in [0, 0.05) is 13.1 Å². The van der Waals surface area contributed by atoms with Crippen molar-refractivity contribution in [3.8, 4) is 0 Å².